The lowest BCUT2D eigenvalue weighted by molar-refractivity contribution is -0.117. The second-order valence-electron chi connectivity index (χ2n) is 7.28. The highest BCUT2D eigenvalue weighted by Gasteiger charge is 2.14. The van der Waals surface area contributed by atoms with E-state index in [1.54, 1.807) is 14.2 Å². The second kappa shape index (κ2) is 10.2. The third kappa shape index (κ3) is 5.64. The minimum atomic E-state index is -0.0127. The maximum atomic E-state index is 12.5. The quantitative estimate of drug-likeness (QED) is 0.698. The van der Waals surface area contributed by atoms with Crippen LogP contribution in [0.4, 0.5) is 11.4 Å². The number of carbonyl (C=O) groups is 1. The second-order valence-corrected chi connectivity index (χ2v) is 7.28. The van der Waals surface area contributed by atoms with E-state index in [2.05, 4.69) is 34.2 Å². The lowest BCUT2D eigenvalue weighted by Crippen LogP contribution is -2.32. The van der Waals surface area contributed by atoms with Crippen LogP contribution in [0.1, 0.15) is 25.3 Å². The summed E-state index contributed by atoms with van der Waals surface area (Å²) < 4.78 is 10.7. The third-order valence-corrected chi connectivity index (χ3v) is 5.29. The maximum absolute atomic E-state index is 12.5. The van der Waals surface area contributed by atoms with Gasteiger partial charge in [0.25, 0.3) is 0 Å². The molecule has 3 rings (SSSR count). The molecule has 1 amide bonds. The molecule has 1 aliphatic heterocycles. The van der Waals surface area contributed by atoms with Gasteiger partial charge in [0.2, 0.25) is 5.91 Å². The van der Waals surface area contributed by atoms with Crippen LogP contribution in [0.2, 0.25) is 0 Å². The summed E-state index contributed by atoms with van der Waals surface area (Å²) >= 11 is 0. The smallest absolute Gasteiger partial charge is 0.238 e. The van der Waals surface area contributed by atoms with Gasteiger partial charge < -0.3 is 19.7 Å². The Labute approximate surface area is 173 Å². The Balaban J connectivity index is 1.55. The number of likely N-dealkylation sites (N-methyl/N-ethyl adjacent to an activating group) is 1. The fourth-order valence-electron chi connectivity index (χ4n) is 3.65. The van der Waals surface area contributed by atoms with Crippen LogP contribution in [-0.4, -0.2) is 51.2 Å². The van der Waals surface area contributed by atoms with Crippen molar-refractivity contribution in [3.63, 3.8) is 0 Å². The van der Waals surface area contributed by atoms with Gasteiger partial charge in [-0.2, -0.15) is 0 Å². The van der Waals surface area contributed by atoms with E-state index < -0.39 is 0 Å². The van der Waals surface area contributed by atoms with Gasteiger partial charge in [-0.3, -0.25) is 9.69 Å². The van der Waals surface area contributed by atoms with Crippen LogP contribution in [0.25, 0.3) is 0 Å². The molecule has 0 atom stereocenters. The Morgan fingerprint density at radius 3 is 2.34 bits per heavy atom. The molecule has 2 aromatic carbocycles. The molecule has 1 aliphatic rings. The number of anilines is 2. The summed E-state index contributed by atoms with van der Waals surface area (Å²) in [5.74, 6) is 1.39. The number of ether oxygens (including phenoxy) is 2. The minimum Gasteiger partial charge on any atom is -0.493 e. The fraction of sp³-hybridized carbons (Fsp3) is 0.435. The molecule has 6 heteroatoms. The number of amides is 1. The van der Waals surface area contributed by atoms with Crippen LogP contribution in [0.15, 0.2) is 42.5 Å². The number of methoxy groups -OCH3 is 2. The maximum Gasteiger partial charge on any atom is 0.238 e. The molecule has 0 aromatic heterocycles. The first kappa shape index (κ1) is 21.0. The molecule has 0 saturated carbocycles. The summed E-state index contributed by atoms with van der Waals surface area (Å²) in [5, 5.41) is 3.01. The minimum absolute atomic E-state index is 0.0127. The molecular formula is C23H31N3O3. The first-order valence-corrected chi connectivity index (χ1v) is 10.2. The molecule has 1 heterocycles. The fourth-order valence-corrected chi connectivity index (χ4v) is 3.65. The Morgan fingerprint density at radius 1 is 1.03 bits per heavy atom. The van der Waals surface area contributed by atoms with Crippen molar-refractivity contribution in [3.8, 4) is 11.5 Å². The van der Waals surface area contributed by atoms with Crippen molar-refractivity contribution >= 4 is 17.3 Å². The highest BCUT2D eigenvalue weighted by Crippen LogP contribution is 2.28. The number of rotatable bonds is 9. The molecule has 0 spiro atoms. The first-order chi connectivity index (χ1) is 14.1. The summed E-state index contributed by atoms with van der Waals surface area (Å²) in [5.41, 5.74) is 3.14. The average molecular weight is 398 g/mol. The van der Waals surface area contributed by atoms with Gasteiger partial charge in [-0.1, -0.05) is 13.0 Å². The third-order valence-electron chi connectivity index (χ3n) is 5.29. The number of carbonyl (C=O) groups excluding carboxylic acids is 1. The highest BCUT2D eigenvalue weighted by atomic mass is 16.5. The highest BCUT2D eigenvalue weighted by molar-refractivity contribution is 5.92. The van der Waals surface area contributed by atoms with Crippen molar-refractivity contribution in [2.45, 2.75) is 26.3 Å². The molecule has 6 nitrogen and oxygen atoms in total. The predicted octanol–water partition coefficient (Wildman–Crippen LogP) is 3.76. The van der Waals surface area contributed by atoms with Crippen molar-refractivity contribution in [3.05, 3.63) is 48.0 Å². The van der Waals surface area contributed by atoms with Crippen LogP contribution >= 0.6 is 0 Å². The zero-order valence-corrected chi connectivity index (χ0v) is 17.6. The molecule has 156 valence electrons. The van der Waals surface area contributed by atoms with E-state index in [9.17, 15) is 4.79 Å². The van der Waals surface area contributed by atoms with E-state index >= 15 is 0 Å². The Bertz CT molecular complexity index is 802. The topological polar surface area (TPSA) is 54.0 Å². The van der Waals surface area contributed by atoms with E-state index in [0.717, 1.165) is 30.9 Å². The number of nitrogens with zero attached hydrogens (tertiary/aromatic N) is 2. The SMILES string of the molecule is CCN(CC(=O)Nc1ccc(N2CCCC2)cc1)Cc1ccc(OC)c(OC)c1. The molecule has 0 bridgehead atoms. The van der Waals surface area contributed by atoms with Crippen molar-refractivity contribution < 1.29 is 14.3 Å². The average Bonchev–Trinajstić information content (AvgIpc) is 3.28. The van der Waals surface area contributed by atoms with E-state index in [-0.39, 0.29) is 5.91 Å². The van der Waals surface area contributed by atoms with E-state index in [4.69, 9.17) is 9.47 Å². The van der Waals surface area contributed by atoms with Gasteiger partial charge in [0, 0.05) is 31.0 Å². The molecule has 1 saturated heterocycles. The predicted molar refractivity (Wildman–Crippen MR) is 117 cm³/mol. The van der Waals surface area contributed by atoms with E-state index in [0.29, 0.717) is 24.6 Å². The molecule has 0 aliphatic carbocycles. The van der Waals surface area contributed by atoms with Gasteiger partial charge in [0.15, 0.2) is 11.5 Å². The zero-order valence-electron chi connectivity index (χ0n) is 17.6. The van der Waals surface area contributed by atoms with Gasteiger partial charge in [0.1, 0.15) is 0 Å². The zero-order chi connectivity index (χ0) is 20.6. The molecule has 29 heavy (non-hydrogen) atoms. The number of nitrogens with one attached hydrogen (secondary N) is 1. The standard InChI is InChI=1S/C23H31N3O3/c1-4-25(16-18-7-12-21(28-2)22(15-18)29-3)17-23(27)24-19-8-10-20(11-9-19)26-13-5-6-14-26/h7-12,15H,4-6,13-14,16-17H2,1-3H3,(H,24,27). The summed E-state index contributed by atoms with van der Waals surface area (Å²) in [6.07, 6.45) is 2.51. The van der Waals surface area contributed by atoms with Gasteiger partial charge in [-0.15, -0.1) is 0 Å². The summed E-state index contributed by atoms with van der Waals surface area (Å²) in [6.45, 7) is 6.06. The lowest BCUT2D eigenvalue weighted by Gasteiger charge is -2.21. The lowest BCUT2D eigenvalue weighted by atomic mass is 10.2. The van der Waals surface area contributed by atoms with Gasteiger partial charge in [0.05, 0.1) is 20.8 Å². The van der Waals surface area contributed by atoms with Crippen LogP contribution in [0, 0.1) is 0 Å². The summed E-state index contributed by atoms with van der Waals surface area (Å²) in [7, 11) is 3.25. The summed E-state index contributed by atoms with van der Waals surface area (Å²) in [6, 6.07) is 14.0. The van der Waals surface area contributed by atoms with Gasteiger partial charge in [-0.05, 0) is 61.3 Å². The van der Waals surface area contributed by atoms with Gasteiger partial charge in [-0.25, -0.2) is 0 Å². The van der Waals surface area contributed by atoms with Gasteiger partial charge >= 0.3 is 0 Å². The molecule has 1 fully saturated rings. The number of hydrogen-bond acceptors (Lipinski definition) is 5. The van der Waals surface area contributed by atoms with Crippen molar-refractivity contribution in [2.24, 2.45) is 0 Å². The van der Waals surface area contributed by atoms with Crippen LogP contribution < -0.4 is 19.7 Å². The Kier molecular flexibility index (Phi) is 7.36. The summed E-state index contributed by atoms with van der Waals surface area (Å²) in [4.78, 5) is 17.0. The number of hydrogen-bond donors (Lipinski definition) is 1. The molecular weight excluding hydrogens is 366 g/mol. The van der Waals surface area contributed by atoms with E-state index in [1.165, 1.54) is 18.5 Å². The number of benzene rings is 2. The van der Waals surface area contributed by atoms with Crippen molar-refractivity contribution in [1.82, 2.24) is 4.90 Å². The molecule has 1 N–H and O–H groups in total. The van der Waals surface area contributed by atoms with Crippen LogP contribution in [0.5, 0.6) is 11.5 Å². The van der Waals surface area contributed by atoms with Crippen molar-refractivity contribution in [2.75, 3.05) is 50.6 Å². The molecule has 2 aromatic rings. The first-order valence-electron chi connectivity index (χ1n) is 10.2. The Hall–Kier alpha value is -2.73. The van der Waals surface area contributed by atoms with Crippen LogP contribution in [-0.2, 0) is 11.3 Å². The Morgan fingerprint density at radius 2 is 1.72 bits per heavy atom. The monoisotopic (exact) mass is 397 g/mol. The van der Waals surface area contributed by atoms with Crippen LogP contribution in [0.3, 0.4) is 0 Å². The molecule has 0 radical (unpaired) electrons. The normalized spacial score (nSPS) is 13.6. The van der Waals surface area contributed by atoms with Crippen molar-refractivity contribution in [1.29, 1.82) is 0 Å². The molecule has 0 unspecified atom stereocenters. The van der Waals surface area contributed by atoms with E-state index in [1.807, 2.05) is 30.3 Å². The largest absolute Gasteiger partial charge is 0.493 e.